The average molecular weight is 364 g/mol. The highest BCUT2D eigenvalue weighted by atomic mass is 35.5. The monoisotopic (exact) mass is 363 g/mol. The third kappa shape index (κ3) is 4.96. The third-order valence-electron chi connectivity index (χ3n) is 4.14. The Hall–Kier alpha value is -2.05. The van der Waals surface area contributed by atoms with Crippen LogP contribution in [-0.4, -0.2) is 53.0 Å². The van der Waals surface area contributed by atoms with E-state index in [1.807, 2.05) is 34.8 Å². The molecule has 0 radical (unpaired) electrons. The number of aryl methyl sites for hydroxylation is 1. The molecule has 1 unspecified atom stereocenters. The topological polar surface area (TPSA) is 56.6 Å². The van der Waals surface area contributed by atoms with Crippen LogP contribution in [0.2, 0.25) is 5.02 Å². The zero-order chi connectivity index (χ0) is 17.6. The molecule has 1 aliphatic heterocycles. The van der Waals surface area contributed by atoms with Crippen LogP contribution in [0, 0.1) is 6.92 Å². The lowest BCUT2D eigenvalue weighted by atomic mass is 10.2. The molecule has 0 bridgehead atoms. The van der Waals surface area contributed by atoms with E-state index in [1.165, 1.54) is 0 Å². The number of rotatable bonds is 5. The summed E-state index contributed by atoms with van der Waals surface area (Å²) in [6, 6.07) is 7.24. The molecule has 3 rings (SSSR count). The molecule has 1 aromatic heterocycles. The van der Waals surface area contributed by atoms with Gasteiger partial charge in [-0.2, -0.15) is 5.10 Å². The van der Waals surface area contributed by atoms with Gasteiger partial charge in [-0.15, -0.1) is 0 Å². The van der Waals surface area contributed by atoms with Crippen molar-refractivity contribution in [3.05, 3.63) is 47.2 Å². The minimum atomic E-state index is -0.0661. The molecular formula is C18H22ClN3O3. The second kappa shape index (κ2) is 8.36. The van der Waals surface area contributed by atoms with Gasteiger partial charge in [-0.3, -0.25) is 9.48 Å². The Balaban J connectivity index is 1.56. The van der Waals surface area contributed by atoms with Gasteiger partial charge < -0.3 is 14.4 Å². The number of carbonyl (C=O) groups is 1. The summed E-state index contributed by atoms with van der Waals surface area (Å²) in [6.45, 7) is 4.42. The summed E-state index contributed by atoms with van der Waals surface area (Å²) in [5, 5.41) is 4.86. The molecule has 0 saturated carbocycles. The molecule has 2 heterocycles. The molecule has 7 heteroatoms. The summed E-state index contributed by atoms with van der Waals surface area (Å²) in [5.41, 5.74) is 0.913. The van der Waals surface area contributed by atoms with Gasteiger partial charge in [0.1, 0.15) is 5.75 Å². The molecule has 2 aromatic rings. The van der Waals surface area contributed by atoms with Crippen molar-refractivity contribution in [1.82, 2.24) is 14.7 Å². The third-order valence-corrected chi connectivity index (χ3v) is 4.38. The van der Waals surface area contributed by atoms with E-state index in [9.17, 15) is 4.79 Å². The Kier molecular flexibility index (Phi) is 5.94. The maximum atomic E-state index is 12.5. The molecule has 1 fully saturated rings. The first-order valence-corrected chi connectivity index (χ1v) is 8.75. The van der Waals surface area contributed by atoms with Gasteiger partial charge >= 0.3 is 0 Å². The molecule has 134 valence electrons. The number of carbonyl (C=O) groups excluding carboxylic acids is 1. The van der Waals surface area contributed by atoms with E-state index in [2.05, 4.69) is 5.10 Å². The molecule has 1 saturated heterocycles. The van der Waals surface area contributed by atoms with E-state index in [4.69, 9.17) is 21.1 Å². The van der Waals surface area contributed by atoms with Crippen molar-refractivity contribution >= 4 is 17.5 Å². The van der Waals surface area contributed by atoms with E-state index < -0.39 is 0 Å². The Labute approximate surface area is 152 Å². The lowest BCUT2D eigenvalue weighted by Crippen LogP contribution is -2.40. The largest absolute Gasteiger partial charge is 0.483 e. The number of aromatic nitrogens is 2. The number of hydrogen-bond donors (Lipinski definition) is 0. The molecule has 1 aliphatic rings. The number of hydrogen-bond acceptors (Lipinski definition) is 4. The van der Waals surface area contributed by atoms with Crippen LogP contribution in [0.4, 0.5) is 0 Å². The maximum absolute atomic E-state index is 12.5. The van der Waals surface area contributed by atoms with Crippen molar-refractivity contribution < 1.29 is 14.3 Å². The summed E-state index contributed by atoms with van der Waals surface area (Å²) < 4.78 is 13.3. The summed E-state index contributed by atoms with van der Waals surface area (Å²) in [7, 11) is 0. The fraction of sp³-hybridized carbons (Fsp3) is 0.444. The highest BCUT2D eigenvalue weighted by molar-refractivity contribution is 6.30. The van der Waals surface area contributed by atoms with E-state index in [0.29, 0.717) is 37.0 Å². The summed E-state index contributed by atoms with van der Waals surface area (Å²) in [6.07, 6.45) is 4.39. The molecule has 0 spiro atoms. The molecule has 25 heavy (non-hydrogen) atoms. The molecule has 0 N–H and O–H groups in total. The van der Waals surface area contributed by atoms with Gasteiger partial charge in [-0.25, -0.2) is 0 Å². The highest BCUT2D eigenvalue weighted by Crippen LogP contribution is 2.22. The zero-order valence-corrected chi connectivity index (χ0v) is 15.0. The molecule has 0 aliphatic carbocycles. The van der Waals surface area contributed by atoms with Crippen molar-refractivity contribution in [2.45, 2.75) is 26.0 Å². The average Bonchev–Trinajstić information content (AvgIpc) is 2.98. The summed E-state index contributed by atoms with van der Waals surface area (Å²) in [5.74, 6) is 0.641. The number of benzene rings is 1. The van der Waals surface area contributed by atoms with E-state index in [1.54, 1.807) is 18.3 Å². The number of nitrogens with zero attached hydrogens (tertiary/aromatic N) is 3. The van der Waals surface area contributed by atoms with E-state index in [0.717, 1.165) is 12.0 Å². The predicted molar refractivity (Wildman–Crippen MR) is 94.8 cm³/mol. The quantitative estimate of drug-likeness (QED) is 0.819. The van der Waals surface area contributed by atoms with Crippen molar-refractivity contribution in [1.29, 1.82) is 0 Å². The lowest BCUT2D eigenvalue weighted by Gasteiger charge is -2.24. The van der Waals surface area contributed by atoms with Gasteiger partial charge in [0.2, 0.25) is 0 Å². The van der Waals surface area contributed by atoms with Crippen LogP contribution in [-0.2, 0) is 16.1 Å². The van der Waals surface area contributed by atoms with Gasteiger partial charge in [-0.1, -0.05) is 11.6 Å². The minimum Gasteiger partial charge on any atom is -0.483 e. The Morgan fingerprint density at radius 2 is 2.36 bits per heavy atom. The lowest BCUT2D eigenvalue weighted by molar-refractivity contribution is -0.134. The van der Waals surface area contributed by atoms with Gasteiger partial charge in [0.25, 0.3) is 5.91 Å². The predicted octanol–water partition coefficient (Wildman–Crippen LogP) is 2.54. The number of ether oxygens (including phenoxy) is 2. The summed E-state index contributed by atoms with van der Waals surface area (Å²) >= 11 is 5.94. The zero-order valence-electron chi connectivity index (χ0n) is 14.2. The van der Waals surface area contributed by atoms with Gasteiger partial charge in [-0.05, 0) is 43.2 Å². The molecule has 1 atom stereocenters. The van der Waals surface area contributed by atoms with Crippen LogP contribution < -0.4 is 4.74 Å². The van der Waals surface area contributed by atoms with Crippen LogP contribution in [0.3, 0.4) is 0 Å². The Morgan fingerprint density at radius 3 is 3.12 bits per heavy atom. The van der Waals surface area contributed by atoms with E-state index >= 15 is 0 Å². The molecule has 6 nitrogen and oxygen atoms in total. The van der Waals surface area contributed by atoms with Gasteiger partial charge in [0, 0.05) is 37.1 Å². The minimum absolute atomic E-state index is 0.0109. The number of halogens is 1. The van der Waals surface area contributed by atoms with Crippen molar-refractivity contribution in [3.8, 4) is 5.75 Å². The maximum Gasteiger partial charge on any atom is 0.260 e. The van der Waals surface area contributed by atoms with Crippen LogP contribution in [0.5, 0.6) is 5.75 Å². The SMILES string of the molecule is Cc1cc(Cl)ccc1OCC(=O)N1CCCOC(Cn2cccn2)C1. The molecule has 1 amide bonds. The Morgan fingerprint density at radius 1 is 1.48 bits per heavy atom. The normalized spacial score (nSPS) is 18.0. The first-order valence-electron chi connectivity index (χ1n) is 8.37. The second-order valence-electron chi connectivity index (χ2n) is 6.11. The van der Waals surface area contributed by atoms with Gasteiger partial charge in [0.15, 0.2) is 6.61 Å². The molecular weight excluding hydrogens is 342 g/mol. The van der Waals surface area contributed by atoms with Crippen LogP contribution in [0.25, 0.3) is 0 Å². The van der Waals surface area contributed by atoms with E-state index in [-0.39, 0.29) is 18.6 Å². The second-order valence-corrected chi connectivity index (χ2v) is 6.55. The molecule has 1 aromatic carbocycles. The number of amides is 1. The van der Waals surface area contributed by atoms with Gasteiger partial charge in [0.05, 0.1) is 12.6 Å². The van der Waals surface area contributed by atoms with Crippen LogP contribution in [0.15, 0.2) is 36.7 Å². The summed E-state index contributed by atoms with van der Waals surface area (Å²) in [4.78, 5) is 14.4. The smallest absolute Gasteiger partial charge is 0.260 e. The van der Waals surface area contributed by atoms with Crippen molar-refractivity contribution in [3.63, 3.8) is 0 Å². The van der Waals surface area contributed by atoms with Crippen molar-refractivity contribution in [2.24, 2.45) is 0 Å². The standard InChI is InChI=1S/C18H22ClN3O3/c1-14-10-15(19)4-5-17(14)25-13-18(23)21-7-3-9-24-16(11-21)12-22-8-2-6-20-22/h2,4-6,8,10,16H,3,7,9,11-13H2,1H3. The van der Waals surface area contributed by atoms with Crippen LogP contribution in [0.1, 0.15) is 12.0 Å². The fourth-order valence-electron chi connectivity index (χ4n) is 2.85. The highest BCUT2D eigenvalue weighted by Gasteiger charge is 2.23. The first kappa shape index (κ1) is 17.8. The van der Waals surface area contributed by atoms with Crippen LogP contribution >= 0.6 is 11.6 Å². The first-order chi connectivity index (χ1) is 12.1. The van der Waals surface area contributed by atoms with Crippen molar-refractivity contribution in [2.75, 3.05) is 26.3 Å². The fourth-order valence-corrected chi connectivity index (χ4v) is 3.08. The Bertz CT molecular complexity index is 706.